The number of amides is 1. The van der Waals surface area contributed by atoms with E-state index in [-0.39, 0.29) is 17.5 Å². The summed E-state index contributed by atoms with van der Waals surface area (Å²) in [5.74, 6) is -1.33. The predicted octanol–water partition coefficient (Wildman–Crippen LogP) is 2.28. The Morgan fingerprint density at radius 1 is 1.09 bits per heavy atom. The molecule has 8 N–H and O–H groups in total. The summed E-state index contributed by atoms with van der Waals surface area (Å²) in [6.45, 7) is 0. The van der Waals surface area contributed by atoms with Gasteiger partial charge in [0.15, 0.2) is 0 Å². The fraction of sp³-hybridized carbons (Fsp3) is 0.208. The molecule has 0 spiro atoms. The van der Waals surface area contributed by atoms with Crippen LogP contribution in [0.3, 0.4) is 0 Å². The minimum Gasteiger partial charge on any atom is -0.407 e. The van der Waals surface area contributed by atoms with E-state index in [9.17, 15) is 4.79 Å². The highest BCUT2D eigenvalue weighted by molar-refractivity contribution is 6.21. The Bertz CT molecular complexity index is 1180. The van der Waals surface area contributed by atoms with Crippen LogP contribution in [-0.4, -0.2) is 41.6 Å². The van der Waals surface area contributed by atoms with Crippen LogP contribution in [0, 0.1) is 16.2 Å². The van der Waals surface area contributed by atoms with Crippen molar-refractivity contribution in [3.8, 4) is 0 Å². The number of hydrogen-bond donors (Lipinski definition) is 7. The fourth-order valence-corrected chi connectivity index (χ4v) is 3.53. The number of para-hydroxylation sites is 1. The van der Waals surface area contributed by atoms with Crippen molar-refractivity contribution in [2.45, 2.75) is 31.5 Å². The van der Waals surface area contributed by atoms with E-state index in [0.29, 0.717) is 11.4 Å². The van der Waals surface area contributed by atoms with Gasteiger partial charge >= 0.3 is 0 Å². The lowest BCUT2D eigenvalue weighted by Gasteiger charge is -2.26. The summed E-state index contributed by atoms with van der Waals surface area (Å²) in [7, 11) is 0. The number of amidine groups is 2. The Kier molecular flexibility index (Phi) is 6.67. The van der Waals surface area contributed by atoms with E-state index in [4.69, 9.17) is 26.7 Å². The maximum atomic E-state index is 12.9. The highest BCUT2D eigenvalue weighted by Gasteiger charge is 2.27. The van der Waals surface area contributed by atoms with E-state index in [2.05, 4.69) is 20.9 Å². The molecule has 1 fully saturated rings. The number of carbonyl (C=O) groups is 1. The van der Waals surface area contributed by atoms with Crippen molar-refractivity contribution in [1.82, 2.24) is 10.6 Å². The average Bonchev–Trinajstić information content (AvgIpc) is 2.92. The van der Waals surface area contributed by atoms with E-state index in [1.54, 1.807) is 6.07 Å². The molecule has 1 heterocycles. The Balaban J connectivity index is 1.53. The number of nitrogens with two attached hydrogens (primary N) is 1. The highest BCUT2D eigenvalue weighted by Crippen LogP contribution is 2.23. The number of hydrogen-bond acceptors (Lipinski definition) is 7. The third-order valence-corrected chi connectivity index (χ3v) is 5.57. The zero-order valence-corrected chi connectivity index (χ0v) is 18.4. The zero-order chi connectivity index (χ0) is 24.1. The van der Waals surface area contributed by atoms with Crippen LogP contribution >= 0.6 is 0 Å². The molecule has 0 aromatic heterocycles. The molecule has 0 saturated heterocycles. The van der Waals surface area contributed by atoms with Gasteiger partial charge in [0, 0.05) is 23.4 Å². The third-order valence-electron chi connectivity index (χ3n) is 5.57. The molecular weight excluding hydrogens is 432 g/mol. The van der Waals surface area contributed by atoms with Crippen molar-refractivity contribution in [3.63, 3.8) is 0 Å². The summed E-state index contributed by atoms with van der Waals surface area (Å²) < 4.78 is 5.24. The van der Waals surface area contributed by atoms with E-state index < -0.39 is 24.0 Å². The molecule has 0 radical (unpaired) electrons. The first-order valence-corrected chi connectivity index (χ1v) is 10.9. The van der Waals surface area contributed by atoms with Gasteiger partial charge in [-0.05, 0) is 25.3 Å². The van der Waals surface area contributed by atoms with Gasteiger partial charge in [0.1, 0.15) is 5.84 Å². The second kappa shape index (κ2) is 9.99. The minimum atomic E-state index is -1.18. The summed E-state index contributed by atoms with van der Waals surface area (Å²) in [6.07, 6.45) is 3.42. The van der Waals surface area contributed by atoms with Crippen LogP contribution < -0.4 is 21.7 Å². The maximum Gasteiger partial charge on any atom is 0.290 e. The molecule has 0 bridgehead atoms. The number of nitrogens with zero attached hydrogens (tertiary/aromatic N) is 1. The maximum absolute atomic E-state index is 12.9. The second-order valence-electron chi connectivity index (χ2n) is 7.95. The summed E-state index contributed by atoms with van der Waals surface area (Å²) in [5, 5.41) is 32.6. The smallest absolute Gasteiger partial charge is 0.290 e. The van der Waals surface area contributed by atoms with Crippen molar-refractivity contribution < 1.29 is 9.53 Å². The van der Waals surface area contributed by atoms with Crippen molar-refractivity contribution >= 4 is 35.1 Å². The second-order valence-corrected chi connectivity index (χ2v) is 7.95. The van der Waals surface area contributed by atoms with Gasteiger partial charge in [-0.25, -0.2) is 4.99 Å². The van der Waals surface area contributed by atoms with Crippen molar-refractivity contribution in [3.05, 3.63) is 77.5 Å². The van der Waals surface area contributed by atoms with Gasteiger partial charge < -0.3 is 26.4 Å². The Morgan fingerprint density at radius 2 is 1.79 bits per heavy atom. The molecule has 1 aliphatic heterocycles. The molecule has 10 heteroatoms. The topological polar surface area (TPSA) is 172 Å². The van der Waals surface area contributed by atoms with Crippen LogP contribution in [0.25, 0.3) is 0 Å². The Hall–Kier alpha value is -4.47. The van der Waals surface area contributed by atoms with Gasteiger partial charge in [0.25, 0.3) is 11.9 Å². The standard InChI is InChI=1S/C24H26N8O2/c25-20(26)17(13-29-15-9-6-10-15)21(27)34-24(28)32-22-23(33)30-18-12-5-4-11-16(18)19(31-22)14-7-2-1-3-8-14/h1-5,7-8,11-13,15,22,27,29H,6,9-10H2,(H3,25,26)(H2,28,32)(H,30,33)/b17-13+,27-21?. The number of fused-ring (bicyclic) bond motifs is 1. The van der Waals surface area contributed by atoms with Gasteiger partial charge in [0.05, 0.1) is 17.0 Å². The molecule has 1 atom stereocenters. The molecule has 1 saturated carbocycles. The summed E-state index contributed by atoms with van der Waals surface area (Å²) >= 11 is 0. The Labute approximate surface area is 196 Å². The first-order valence-electron chi connectivity index (χ1n) is 10.9. The van der Waals surface area contributed by atoms with Crippen LogP contribution in [0.15, 0.2) is 71.4 Å². The number of aliphatic imine (C=N–C) groups is 1. The molecule has 2 aromatic rings. The van der Waals surface area contributed by atoms with E-state index in [0.717, 1.165) is 30.4 Å². The lowest BCUT2D eigenvalue weighted by Crippen LogP contribution is -2.44. The number of carbonyl (C=O) groups excluding carboxylic acids is 1. The summed E-state index contributed by atoms with van der Waals surface area (Å²) in [5.41, 5.74) is 8.34. The largest absolute Gasteiger partial charge is 0.407 e. The number of ether oxygens (including phenoxy) is 1. The van der Waals surface area contributed by atoms with Crippen molar-refractivity contribution in [2.24, 2.45) is 10.7 Å². The number of benzene rings is 2. The molecule has 174 valence electrons. The minimum absolute atomic E-state index is 0.0182. The van der Waals surface area contributed by atoms with Gasteiger partial charge in [-0.2, -0.15) is 0 Å². The molecule has 1 aliphatic carbocycles. The van der Waals surface area contributed by atoms with Gasteiger partial charge in [-0.3, -0.25) is 21.0 Å². The summed E-state index contributed by atoms with van der Waals surface area (Å²) in [6, 6.07) is 16.5. The van der Waals surface area contributed by atoms with E-state index in [1.807, 2.05) is 48.5 Å². The number of benzodiazepines with no additional fused rings is 1. The highest BCUT2D eigenvalue weighted by atomic mass is 16.5. The van der Waals surface area contributed by atoms with Crippen molar-refractivity contribution in [1.29, 1.82) is 16.2 Å². The monoisotopic (exact) mass is 458 g/mol. The fourth-order valence-electron chi connectivity index (χ4n) is 3.53. The van der Waals surface area contributed by atoms with Crippen molar-refractivity contribution in [2.75, 3.05) is 5.32 Å². The molecule has 2 aromatic carbocycles. The van der Waals surface area contributed by atoms with E-state index in [1.165, 1.54) is 6.20 Å². The molecular formula is C24H26N8O2. The first-order chi connectivity index (χ1) is 16.4. The van der Waals surface area contributed by atoms with Crippen LogP contribution in [0.4, 0.5) is 5.69 Å². The van der Waals surface area contributed by atoms with Crippen LogP contribution in [0.1, 0.15) is 30.4 Å². The van der Waals surface area contributed by atoms with Crippen LogP contribution in [0.2, 0.25) is 0 Å². The number of anilines is 1. The zero-order valence-electron chi connectivity index (χ0n) is 18.4. The molecule has 1 unspecified atom stereocenters. The molecule has 10 nitrogen and oxygen atoms in total. The quantitative estimate of drug-likeness (QED) is 0.259. The first kappa shape index (κ1) is 22.7. The number of rotatable bonds is 6. The normalized spacial score (nSPS) is 17.8. The summed E-state index contributed by atoms with van der Waals surface area (Å²) in [4.78, 5) is 17.5. The third kappa shape index (κ3) is 5.12. The lowest BCUT2D eigenvalue weighted by atomic mass is 9.93. The average molecular weight is 459 g/mol. The molecule has 2 aliphatic rings. The van der Waals surface area contributed by atoms with Gasteiger partial charge in [-0.15, -0.1) is 0 Å². The SMILES string of the molecule is N=C(NC1N=C(c2ccccc2)c2ccccc2NC1=O)OC(=N)/C(=C/NC1CCC1)C(=N)N. The van der Waals surface area contributed by atoms with Crippen LogP contribution in [-0.2, 0) is 9.53 Å². The van der Waals surface area contributed by atoms with Gasteiger partial charge in [-0.1, -0.05) is 48.5 Å². The van der Waals surface area contributed by atoms with Crippen LogP contribution in [0.5, 0.6) is 0 Å². The van der Waals surface area contributed by atoms with Gasteiger partial charge in [0.2, 0.25) is 12.1 Å². The lowest BCUT2D eigenvalue weighted by molar-refractivity contribution is -0.117. The Morgan fingerprint density at radius 3 is 2.47 bits per heavy atom. The molecule has 34 heavy (non-hydrogen) atoms. The molecule has 4 rings (SSSR count). The van der Waals surface area contributed by atoms with E-state index >= 15 is 0 Å². The number of nitrogens with one attached hydrogen (secondary N) is 6. The molecule has 1 amide bonds. The predicted molar refractivity (Wildman–Crippen MR) is 131 cm³/mol.